The molecule has 7 heteroatoms. The lowest BCUT2D eigenvalue weighted by Gasteiger charge is -2.06. The van der Waals surface area contributed by atoms with E-state index in [4.69, 9.17) is 11.6 Å². The third-order valence-corrected chi connectivity index (χ3v) is 5.12. The zero-order valence-corrected chi connectivity index (χ0v) is 13.0. The predicted octanol–water partition coefficient (Wildman–Crippen LogP) is 2.94. The highest BCUT2D eigenvalue weighted by molar-refractivity contribution is 7.90. The molecule has 108 valence electrons. The molecule has 0 saturated carbocycles. The fourth-order valence-electron chi connectivity index (χ4n) is 2.13. The van der Waals surface area contributed by atoms with E-state index in [1.807, 2.05) is 13.8 Å². The Morgan fingerprint density at radius 1 is 1.10 bits per heavy atom. The molecule has 0 aliphatic carbocycles. The smallest absolute Gasteiger partial charge is 0.222 e. The monoisotopic (exact) mass is 321 g/mol. The molecule has 0 N–H and O–H groups in total. The second kappa shape index (κ2) is 4.82. The van der Waals surface area contributed by atoms with Crippen LogP contribution < -0.4 is 0 Å². The van der Waals surface area contributed by atoms with Crippen LogP contribution in [0.2, 0.25) is 5.15 Å². The molecule has 3 aromatic rings. The van der Waals surface area contributed by atoms with E-state index in [0.717, 1.165) is 15.1 Å². The molecular weight excluding hydrogens is 310 g/mol. The maximum absolute atomic E-state index is 12.7. The fourth-order valence-corrected chi connectivity index (χ4v) is 3.64. The van der Waals surface area contributed by atoms with Gasteiger partial charge in [-0.2, -0.15) is 0 Å². The third kappa shape index (κ3) is 2.30. The molecule has 0 amide bonds. The quantitative estimate of drug-likeness (QED) is 0.728. The molecule has 21 heavy (non-hydrogen) atoms. The summed E-state index contributed by atoms with van der Waals surface area (Å²) in [6.45, 7) is 3.71. The largest absolute Gasteiger partial charge is 0.269 e. The van der Waals surface area contributed by atoms with E-state index in [-0.39, 0.29) is 15.7 Å². The van der Waals surface area contributed by atoms with Crippen LogP contribution in [0.15, 0.2) is 41.4 Å². The van der Waals surface area contributed by atoms with Crippen LogP contribution in [0.3, 0.4) is 0 Å². The van der Waals surface area contributed by atoms with Gasteiger partial charge >= 0.3 is 0 Å². The van der Waals surface area contributed by atoms with E-state index in [1.54, 1.807) is 30.3 Å². The number of hydrogen-bond donors (Lipinski definition) is 0. The van der Waals surface area contributed by atoms with Gasteiger partial charge in [-0.15, -0.1) is 10.2 Å². The van der Waals surface area contributed by atoms with Crippen molar-refractivity contribution < 1.29 is 8.42 Å². The minimum absolute atomic E-state index is 0.210. The summed E-state index contributed by atoms with van der Waals surface area (Å²) in [7, 11) is -3.70. The Morgan fingerprint density at radius 2 is 1.76 bits per heavy atom. The van der Waals surface area contributed by atoms with E-state index >= 15 is 0 Å². The average molecular weight is 322 g/mol. The molecule has 2 aromatic heterocycles. The highest BCUT2D eigenvalue weighted by atomic mass is 35.5. The summed E-state index contributed by atoms with van der Waals surface area (Å²) >= 11 is 5.82. The second-order valence-electron chi connectivity index (χ2n) is 4.83. The highest BCUT2D eigenvalue weighted by Crippen LogP contribution is 2.25. The van der Waals surface area contributed by atoms with Crippen LogP contribution in [0.5, 0.6) is 0 Å². The summed E-state index contributed by atoms with van der Waals surface area (Å²) in [5.41, 5.74) is 2.05. The topological polar surface area (TPSA) is 64.8 Å². The molecule has 0 spiro atoms. The zero-order chi connectivity index (χ0) is 15.2. The molecule has 0 saturated heterocycles. The minimum atomic E-state index is -3.70. The van der Waals surface area contributed by atoms with Crippen molar-refractivity contribution in [3.05, 3.63) is 52.8 Å². The number of aryl methyl sites for hydroxylation is 2. The van der Waals surface area contributed by atoms with Crippen LogP contribution in [-0.4, -0.2) is 22.6 Å². The van der Waals surface area contributed by atoms with E-state index in [0.29, 0.717) is 5.39 Å². The van der Waals surface area contributed by atoms with Crippen molar-refractivity contribution in [2.24, 2.45) is 0 Å². The van der Waals surface area contributed by atoms with Gasteiger partial charge in [0.05, 0.1) is 4.90 Å². The fraction of sp³-hybridized carbons (Fsp3) is 0.143. The Bertz CT molecular complexity index is 931. The first kappa shape index (κ1) is 14.0. The van der Waals surface area contributed by atoms with Gasteiger partial charge in [0, 0.05) is 11.6 Å². The van der Waals surface area contributed by atoms with Gasteiger partial charge < -0.3 is 0 Å². The van der Waals surface area contributed by atoms with Gasteiger partial charge in [-0.25, -0.2) is 12.4 Å². The molecular formula is C14H12ClN3O2S. The lowest BCUT2D eigenvalue weighted by Crippen LogP contribution is -2.12. The van der Waals surface area contributed by atoms with Crippen molar-refractivity contribution in [3.8, 4) is 0 Å². The molecule has 0 aliphatic rings. The SMILES string of the molecule is Cc1ccc(S(=O)(=O)n2cc(C)c3cc(Cl)nnc32)cc1. The Balaban J connectivity index is 2.26. The number of hydrogen-bond acceptors (Lipinski definition) is 4. The van der Waals surface area contributed by atoms with E-state index in [9.17, 15) is 8.42 Å². The van der Waals surface area contributed by atoms with E-state index in [1.165, 1.54) is 6.20 Å². The average Bonchev–Trinajstić information content (AvgIpc) is 2.77. The van der Waals surface area contributed by atoms with Gasteiger partial charge in [-0.05, 0) is 37.6 Å². The number of halogens is 1. The zero-order valence-electron chi connectivity index (χ0n) is 11.4. The van der Waals surface area contributed by atoms with Gasteiger partial charge in [0.15, 0.2) is 10.8 Å². The first-order chi connectivity index (χ1) is 9.89. The van der Waals surface area contributed by atoms with Crippen molar-refractivity contribution >= 4 is 32.7 Å². The van der Waals surface area contributed by atoms with Crippen LogP contribution in [0.25, 0.3) is 11.0 Å². The lowest BCUT2D eigenvalue weighted by molar-refractivity contribution is 0.588. The van der Waals surface area contributed by atoms with Crippen molar-refractivity contribution in [2.45, 2.75) is 18.7 Å². The maximum Gasteiger partial charge on any atom is 0.269 e. The Labute approximate surface area is 127 Å². The lowest BCUT2D eigenvalue weighted by atomic mass is 10.2. The van der Waals surface area contributed by atoms with Crippen molar-refractivity contribution in [2.75, 3.05) is 0 Å². The molecule has 5 nitrogen and oxygen atoms in total. The van der Waals surface area contributed by atoms with Crippen LogP contribution in [0.4, 0.5) is 0 Å². The summed E-state index contributed by atoms with van der Waals surface area (Å²) in [4.78, 5) is 0.210. The van der Waals surface area contributed by atoms with Crippen LogP contribution in [-0.2, 0) is 10.0 Å². The molecule has 0 radical (unpaired) electrons. The van der Waals surface area contributed by atoms with Crippen molar-refractivity contribution in [1.82, 2.24) is 14.2 Å². The third-order valence-electron chi connectivity index (χ3n) is 3.27. The molecule has 0 fully saturated rings. The maximum atomic E-state index is 12.7. The van der Waals surface area contributed by atoms with Crippen LogP contribution >= 0.6 is 11.6 Å². The molecule has 0 unspecified atom stereocenters. The molecule has 2 heterocycles. The molecule has 0 atom stereocenters. The molecule has 0 bridgehead atoms. The van der Waals surface area contributed by atoms with E-state index in [2.05, 4.69) is 10.2 Å². The highest BCUT2D eigenvalue weighted by Gasteiger charge is 2.21. The minimum Gasteiger partial charge on any atom is -0.222 e. The number of nitrogens with zero attached hydrogens (tertiary/aromatic N) is 3. The van der Waals surface area contributed by atoms with Gasteiger partial charge in [-0.3, -0.25) is 0 Å². The van der Waals surface area contributed by atoms with E-state index < -0.39 is 10.0 Å². The normalized spacial score (nSPS) is 12.0. The predicted molar refractivity (Wildman–Crippen MR) is 81.0 cm³/mol. The van der Waals surface area contributed by atoms with Crippen LogP contribution in [0.1, 0.15) is 11.1 Å². The molecule has 0 aliphatic heterocycles. The Hall–Kier alpha value is -1.92. The summed E-state index contributed by atoms with van der Waals surface area (Å²) in [5.74, 6) is 0. The Kier molecular flexibility index (Phi) is 3.22. The number of fused-ring (bicyclic) bond motifs is 1. The summed E-state index contributed by atoms with van der Waals surface area (Å²) in [6.07, 6.45) is 1.53. The Morgan fingerprint density at radius 3 is 2.43 bits per heavy atom. The summed E-state index contributed by atoms with van der Waals surface area (Å²) in [5, 5.41) is 8.55. The first-order valence-corrected chi connectivity index (χ1v) is 8.04. The number of aromatic nitrogens is 3. The summed E-state index contributed by atoms with van der Waals surface area (Å²) in [6, 6.07) is 8.28. The molecule has 1 aromatic carbocycles. The first-order valence-electron chi connectivity index (χ1n) is 6.23. The van der Waals surface area contributed by atoms with Gasteiger partial charge in [0.2, 0.25) is 0 Å². The van der Waals surface area contributed by atoms with Gasteiger partial charge in [0.1, 0.15) is 0 Å². The molecule has 3 rings (SSSR count). The van der Waals surface area contributed by atoms with Crippen molar-refractivity contribution in [1.29, 1.82) is 0 Å². The standard InChI is InChI=1S/C14H12ClN3O2S/c1-9-3-5-11(6-4-9)21(19,20)18-8-10(2)12-7-13(15)16-17-14(12)18/h3-8H,1-2H3. The van der Waals surface area contributed by atoms with Crippen molar-refractivity contribution in [3.63, 3.8) is 0 Å². The number of rotatable bonds is 2. The number of benzene rings is 1. The van der Waals surface area contributed by atoms with Gasteiger partial charge in [-0.1, -0.05) is 29.3 Å². The van der Waals surface area contributed by atoms with Crippen LogP contribution in [0, 0.1) is 13.8 Å². The van der Waals surface area contributed by atoms with Gasteiger partial charge in [0.25, 0.3) is 10.0 Å². The second-order valence-corrected chi connectivity index (χ2v) is 7.03. The summed E-state index contributed by atoms with van der Waals surface area (Å²) < 4.78 is 26.6.